The number of nitrogens with two attached hydrogens (primary N) is 1. The monoisotopic (exact) mass is 229 g/mol. The first-order valence-corrected chi connectivity index (χ1v) is 4.93. The van der Waals surface area contributed by atoms with Crippen molar-refractivity contribution in [2.75, 3.05) is 5.33 Å². The van der Waals surface area contributed by atoms with Crippen molar-refractivity contribution in [1.82, 2.24) is 0 Å². The summed E-state index contributed by atoms with van der Waals surface area (Å²) in [5, 5.41) is 10.0. The Hall–Kier alpha value is -0.380. The number of rotatable bonds is 3. The Morgan fingerprint density at radius 1 is 1.50 bits per heavy atom. The second-order valence-electron chi connectivity index (χ2n) is 2.62. The molecule has 0 spiro atoms. The van der Waals surface area contributed by atoms with E-state index in [9.17, 15) is 5.11 Å². The standard InChI is InChI=1S/C9H12BrNO/c10-5-9(12)8-3-1-2-7(4-8)6-11/h1-4,9,12H,5-6,11H2/t9-/m1/s1. The molecule has 0 unspecified atom stereocenters. The van der Waals surface area contributed by atoms with Crippen molar-refractivity contribution in [3.05, 3.63) is 35.4 Å². The average molecular weight is 230 g/mol. The number of aliphatic hydroxyl groups excluding tert-OH is 1. The van der Waals surface area contributed by atoms with E-state index < -0.39 is 6.10 Å². The van der Waals surface area contributed by atoms with Gasteiger partial charge in [0.25, 0.3) is 0 Å². The Bertz CT molecular complexity index is 252. The first kappa shape index (κ1) is 9.71. The first-order chi connectivity index (χ1) is 5.77. The van der Waals surface area contributed by atoms with Crippen LogP contribution in [0.3, 0.4) is 0 Å². The quantitative estimate of drug-likeness (QED) is 0.774. The molecule has 12 heavy (non-hydrogen) atoms. The molecule has 0 bridgehead atoms. The molecule has 1 aromatic carbocycles. The molecule has 1 atom stereocenters. The molecule has 0 aromatic heterocycles. The van der Waals surface area contributed by atoms with Crippen molar-refractivity contribution in [2.24, 2.45) is 5.73 Å². The summed E-state index contributed by atoms with van der Waals surface area (Å²) >= 11 is 3.22. The van der Waals surface area contributed by atoms with Gasteiger partial charge in [-0.3, -0.25) is 0 Å². The number of aliphatic hydroxyl groups is 1. The Morgan fingerprint density at radius 2 is 2.25 bits per heavy atom. The van der Waals surface area contributed by atoms with Crippen molar-refractivity contribution in [1.29, 1.82) is 0 Å². The molecule has 0 aliphatic rings. The third-order valence-corrected chi connectivity index (χ3v) is 2.33. The van der Waals surface area contributed by atoms with Crippen molar-refractivity contribution >= 4 is 15.9 Å². The molecule has 1 rings (SSSR count). The molecule has 0 amide bonds. The highest BCUT2D eigenvalue weighted by molar-refractivity contribution is 9.09. The van der Waals surface area contributed by atoms with Crippen LogP contribution < -0.4 is 5.73 Å². The summed E-state index contributed by atoms with van der Waals surface area (Å²) < 4.78 is 0. The minimum absolute atomic E-state index is 0.434. The molecular formula is C9H12BrNO. The summed E-state index contributed by atoms with van der Waals surface area (Å²) in [6, 6.07) is 7.67. The van der Waals surface area contributed by atoms with E-state index in [1.54, 1.807) is 0 Å². The maximum Gasteiger partial charge on any atom is 0.0886 e. The van der Waals surface area contributed by atoms with Gasteiger partial charge >= 0.3 is 0 Å². The first-order valence-electron chi connectivity index (χ1n) is 3.81. The van der Waals surface area contributed by atoms with E-state index in [2.05, 4.69) is 15.9 Å². The zero-order valence-corrected chi connectivity index (χ0v) is 8.29. The van der Waals surface area contributed by atoms with E-state index in [1.165, 1.54) is 0 Å². The zero-order valence-electron chi connectivity index (χ0n) is 6.70. The highest BCUT2D eigenvalue weighted by Crippen LogP contribution is 2.15. The number of alkyl halides is 1. The van der Waals surface area contributed by atoms with Crippen LogP contribution in [-0.2, 0) is 6.54 Å². The van der Waals surface area contributed by atoms with Crippen LogP contribution in [0.1, 0.15) is 17.2 Å². The summed E-state index contributed by atoms with van der Waals surface area (Å²) in [5.74, 6) is 0. The van der Waals surface area contributed by atoms with Gasteiger partial charge in [0, 0.05) is 11.9 Å². The van der Waals surface area contributed by atoms with Crippen LogP contribution in [0.2, 0.25) is 0 Å². The number of hydrogen-bond acceptors (Lipinski definition) is 2. The van der Waals surface area contributed by atoms with Crippen molar-refractivity contribution in [3.63, 3.8) is 0 Å². The fraction of sp³-hybridized carbons (Fsp3) is 0.333. The summed E-state index contributed by atoms with van der Waals surface area (Å²) in [4.78, 5) is 0. The highest BCUT2D eigenvalue weighted by atomic mass is 79.9. The van der Waals surface area contributed by atoms with Gasteiger partial charge in [-0.15, -0.1) is 0 Å². The Morgan fingerprint density at radius 3 is 2.83 bits per heavy atom. The molecule has 2 nitrogen and oxygen atoms in total. The lowest BCUT2D eigenvalue weighted by Crippen LogP contribution is -2.01. The second kappa shape index (κ2) is 4.60. The predicted octanol–water partition coefficient (Wildman–Crippen LogP) is 1.57. The molecule has 0 saturated heterocycles. The Kier molecular flexibility index (Phi) is 3.72. The molecule has 0 aliphatic heterocycles. The minimum atomic E-state index is -0.434. The lowest BCUT2D eigenvalue weighted by atomic mass is 10.1. The summed E-state index contributed by atoms with van der Waals surface area (Å²) in [6.07, 6.45) is -0.434. The lowest BCUT2D eigenvalue weighted by Gasteiger charge is -2.07. The van der Waals surface area contributed by atoms with E-state index in [0.29, 0.717) is 11.9 Å². The van der Waals surface area contributed by atoms with E-state index in [-0.39, 0.29) is 0 Å². The lowest BCUT2D eigenvalue weighted by molar-refractivity contribution is 0.205. The minimum Gasteiger partial charge on any atom is -0.388 e. The van der Waals surface area contributed by atoms with Gasteiger partial charge in [0.2, 0.25) is 0 Å². The topological polar surface area (TPSA) is 46.2 Å². The highest BCUT2D eigenvalue weighted by Gasteiger charge is 2.04. The SMILES string of the molecule is NCc1cccc([C@H](O)CBr)c1. The summed E-state index contributed by atoms with van der Waals surface area (Å²) in [5.41, 5.74) is 7.43. The normalized spacial score (nSPS) is 12.9. The third kappa shape index (κ3) is 2.30. The number of benzene rings is 1. The summed E-state index contributed by atoms with van der Waals surface area (Å²) in [7, 11) is 0. The van der Waals surface area contributed by atoms with E-state index in [1.807, 2.05) is 24.3 Å². The molecule has 3 heteroatoms. The van der Waals surface area contributed by atoms with Gasteiger partial charge in [-0.1, -0.05) is 40.2 Å². The van der Waals surface area contributed by atoms with Gasteiger partial charge in [-0.05, 0) is 11.1 Å². The smallest absolute Gasteiger partial charge is 0.0886 e. The molecule has 3 N–H and O–H groups in total. The van der Waals surface area contributed by atoms with E-state index in [0.717, 1.165) is 11.1 Å². The van der Waals surface area contributed by atoms with Crippen LogP contribution >= 0.6 is 15.9 Å². The molecule has 0 radical (unpaired) electrons. The maximum atomic E-state index is 9.46. The van der Waals surface area contributed by atoms with E-state index in [4.69, 9.17) is 5.73 Å². The molecule has 0 fully saturated rings. The number of halogens is 1. The Balaban J connectivity index is 2.86. The molecule has 0 saturated carbocycles. The fourth-order valence-corrected chi connectivity index (χ4v) is 1.39. The molecule has 0 heterocycles. The van der Waals surface area contributed by atoms with Gasteiger partial charge < -0.3 is 10.8 Å². The van der Waals surface area contributed by atoms with Gasteiger partial charge in [0.05, 0.1) is 6.10 Å². The van der Waals surface area contributed by atoms with Gasteiger partial charge in [-0.25, -0.2) is 0 Å². The number of hydrogen-bond donors (Lipinski definition) is 2. The van der Waals surface area contributed by atoms with Crippen LogP contribution in [0.4, 0.5) is 0 Å². The van der Waals surface area contributed by atoms with Crippen molar-refractivity contribution in [3.8, 4) is 0 Å². The Labute approximate surface area is 80.5 Å². The zero-order chi connectivity index (χ0) is 8.97. The summed E-state index contributed by atoms with van der Waals surface area (Å²) in [6.45, 7) is 0.517. The van der Waals surface area contributed by atoms with Gasteiger partial charge in [0.1, 0.15) is 0 Å². The van der Waals surface area contributed by atoms with E-state index >= 15 is 0 Å². The molecule has 0 aliphatic carbocycles. The van der Waals surface area contributed by atoms with Crippen molar-refractivity contribution in [2.45, 2.75) is 12.6 Å². The third-order valence-electron chi connectivity index (χ3n) is 1.72. The van der Waals surface area contributed by atoms with Crippen LogP contribution in [0.15, 0.2) is 24.3 Å². The van der Waals surface area contributed by atoms with Gasteiger partial charge in [-0.2, -0.15) is 0 Å². The van der Waals surface area contributed by atoms with Crippen LogP contribution in [0, 0.1) is 0 Å². The second-order valence-corrected chi connectivity index (χ2v) is 3.27. The van der Waals surface area contributed by atoms with Crippen LogP contribution in [-0.4, -0.2) is 10.4 Å². The molecule has 66 valence electrons. The van der Waals surface area contributed by atoms with Crippen LogP contribution in [0.5, 0.6) is 0 Å². The largest absolute Gasteiger partial charge is 0.388 e. The van der Waals surface area contributed by atoms with Crippen molar-refractivity contribution < 1.29 is 5.11 Å². The maximum absolute atomic E-state index is 9.46. The van der Waals surface area contributed by atoms with Gasteiger partial charge in [0.15, 0.2) is 0 Å². The predicted molar refractivity (Wildman–Crippen MR) is 53.1 cm³/mol. The average Bonchev–Trinajstić information content (AvgIpc) is 2.17. The fourth-order valence-electron chi connectivity index (χ4n) is 1.02. The van der Waals surface area contributed by atoms with Crippen LogP contribution in [0.25, 0.3) is 0 Å². The molecule has 1 aromatic rings. The molecular weight excluding hydrogens is 218 g/mol.